The molecule has 0 spiro atoms. The van der Waals surface area contributed by atoms with Crippen molar-refractivity contribution in [3.63, 3.8) is 0 Å². The topological polar surface area (TPSA) is 78.9 Å². The summed E-state index contributed by atoms with van der Waals surface area (Å²) in [6.07, 6.45) is 101. The van der Waals surface area contributed by atoms with Crippen LogP contribution in [0.1, 0.15) is 252 Å². The van der Waals surface area contributed by atoms with E-state index in [0.29, 0.717) is 19.3 Å². The second-order valence-electron chi connectivity index (χ2n) is 20.6. The Hall–Kier alpha value is -5.49. The molecule has 0 fully saturated rings. The highest BCUT2D eigenvalue weighted by Crippen LogP contribution is 2.13. The fraction of sp³-hybridized carbons (Fsp3) is 0.560. The van der Waals surface area contributed by atoms with Crippen molar-refractivity contribution in [3.8, 4) is 0 Å². The summed E-state index contributed by atoms with van der Waals surface area (Å²) in [5.41, 5.74) is 0. The van der Waals surface area contributed by atoms with Gasteiger partial charge in [-0.15, -0.1) is 0 Å². The summed E-state index contributed by atoms with van der Waals surface area (Å²) in [4.78, 5) is 38.0. The molecule has 0 heterocycles. The number of hydrogen-bond acceptors (Lipinski definition) is 6. The standard InChI is InChI=1S/C75H116O6/c1-4-7-10-13-15-17-19-21-23-25-27-29-31-33-35-36-37-38-40-41-43-45-47-49-51-53-55-57-59-62-65-68-74(77)80-71-72(70-79-73(76)67-64-61-12-9-6-3)81-75(78)69-66-63-60-58-56-54-52-50-48-46-44-42-39-34-32-30-28-26-24-22-20-18-16-14-11-8-5-2/h7-8,10-11,15-18,21-24,27-30,33-35,37-39,41,43-44,46-47,49-50,52,72H,4-6,9,12-14,19-20,25-26,31-32,36,40,42,45,48,51,53-71H2,1-3H3/b10-7-,11-8-,17-15-,18-16-,23-21-,24-22-,29-27-,30-28-,35-33-,38-37-,39-34-,43-41-,46-44-,49-47-,52-50-. The number of carbonyl (C=O) groups excluding carboxylic acids is 3. The Bertz CT molecular complexity index is 1900. The molecule has 0 amide bonds. The van der Waals surface area contributed by atoms with Crippen molar-refractivity contribution >= 4 is 17.9 Å². The lowest BCUT2D eigenvalue weighted by atomic mass is 10.1. The number of ether oxygens (including phenoxy) is 3. The number of rotatable bonds is 56. The zero-order valence-electron chi connectivity index (χ0n) is 51.7. The predicted octanol–water partition coefficient (Wildman–Crippen LogP) is 22.4. The zero-order valence-corrected chi connectivity index (χ0v) is 51.7. The highest BCUT2D eigenvalue weighted by molar-refractivity contribution is 5.71. The molecule has 0 saturated carbocycles. The summed E-state index contributed by atoms with van der Waals surface area (Å²) >= 11 is 0. The quantitative estimate of drug-likeness (QED) is 0.0261. The van der Waals surface area contributed by atoms with Crippen LogP contribution in [0.5, 0.6) is 0 Å². The predicted molar refractivity (Wildman–Crippen MR) is 352 cm³/mol. The molecule has 81 heavy (non-hydrogen) atoms. The number of carbonyl (C=O) groups is 3. The van der Waals surface area contributed by atoms with E-state index >= 15 is 0 Å². The van der Waals surface area contributed by atoms with E-state index in [1.165, 1.54) is 12.8 Å². The van der Waals surface area contributed by atoms with E-state index in [2.05, 4.69) is 203 Å². The van der Waals surface area contributed by atoms with Gasteiger partial charge >= 0.3 is 17.9 Å². The Morgan fingerprint density at radius 1 is 0.259 bits per heavy atom. The van der Waals surface area contributed by atoms with Crippen molar-refractivity contribution in [2.24, 2.45) is 0 Å². The van der Waals surface area contributed by atoms with Crippen molar-refractivity contribution in [1.82, 2.24) is 0 Å². The Labute approximate surface area is 497 Å². The summed E-state index contributed by atoms with van der Waals surface area (Å²) in [5.74, 6) is -0.957. The van der Waals surface area contributed by atoms with Crippen molar-refractivity contribution in [1.29, 1.82) is 0 Å². The van der Waals surface area contributed by atoms with Gasteiger partial charge < -0.3 is 14.2 Å². The van der Waals surface area contributed by atoms with Crippen molar-refractivity contribution in [3.05, 3.63) is 182 Å². The second-order valence-corrected chi connectivity index (χ2v) is 20.6. The van der Waals surface area contributed by atoms with E-state index in [-0.39, 0.29) is 31.1 Å². The van der Waals surface area contributed by atoms with Crippen LogP contribution in [0.15, 0.2) is 182 Å². The van der Waals surface area contributed by atoms with Crippen molar-refractivity contribution < 1.29 is 28.6 Å². The number of hydrogen-bond donors (Lipinski definition) is 0. The molecule has 0 bridgehead atoms. The van der Waals surface area contributed by atoms with Gasteiger partial charge in [0.1, 0.15) is 13.2 Å². The van der Waals surface area contributed by atoms with Crippen LogP contribution in [0.2, 0.25) is 0 Å². The molecular formula is C75H116O6. The first-order valence-electron chi connectivity index (χ1n) is 32.3. The minimum atomic E-state index is -0.802. The molecule has 0 radical (unpaired) electrons. The number of unbranched alkanes of at least 4 members (excludes halogenated alkanes) is 15. The molecule has 0 aromatic heterocycles. The van der Waals surface area contributed by atoms with Crippen LogP contribution in [-0.4, -0.2) is 37.2 Å². The maximum atomic E-state index is 12.8. The van der Waals surface area contributed by atoms with Crippen LogP contribution < -0.4 is 0 Å². The van der Waals surface area contributed by atoms with Gasteiger partial charge in [0.05, 0.1) is 0 Å². The highest BCUT2D eigenvalue weighted by Gasteiger charge is 2.19. The van der Waals surface area contributed by atoms with Gasteiger partial charge in [0.15, 0.2) is 6.10 Å². The summed E-state index contributed by atoms with van der Waals surface area (Å²) in [5, 5.41) is 0. The maximum Gasteiger partial charge on any atom is 0.306 e. The van der Waals surface area contributed by atoms with Gasteiger partial charge in [-0.25, -0.2) is 0 Å². The number of esters is 3. The Kier molecular flexibility index (Phi) is 62.5. The molecule has 1 atom stereocenters. The van der Waals surface area contributed by atoms with E-state index in [1.54, 1.807) is 0 Å². The molecule has 1 unspecified atom stereocenters. The Morgan fingerprint density at radius 3 is 0.753 bits per heavy atom. The molecule has 0 aliphatic rings. The van der Waals surface area contributed by atoms with Gasteiger partial charge in [0, 0.05) is 19.3 Å². The van der Waals surface area contributed by atoms with Gasteiger partial charge in [-0.3, -0.25) is 14.4 Å². The minimum absolute atomic E-state index is 0.0998. The van der Waals surface area contributed by atoms with Crippen LogP contribution in [0.25, 0.3) is 0 Å². The molecule has 0 aromatic carbocycles. The lowest BCUT2D eigenvalue weighted by molar-refractivity contribution is -0.167. The summed E-state index contributed by atoms with van der Waals surface area (Å²) in [7, 11) is 0. The molecular weight excluding hydrogens is 997 g/mol. The minimum Gasteiger partial charge on any atom is -0.462 e. The van der Waals surface area contributed by atoms with E-state index in [0.717, 1.165) is 199 Å². The molecule has 0 rings (SSSR count). The Balaban J connectivity index is 4.19. The van der Waals surface area contributed by atoms with Crippen molar-refractivity contribution in [2.45, 2.75) is 258 Å². The maximum absolute atomic E-state index is 12.8. The van der Waals surface area contributed by atoms with E-state index in [1.807, 2.05) is 0 Å². The van der Waals surface area contributed by atoms with Crippen molar-refractivity contribution in [2.75, 3.05) is 13.2 Å². The summed E-state index contributed by atoms with van der Waals surface area (Å²) < 4.78 is 16.7. The first-order valence-corrected chi connectivity index (χ1v) is 32.3. The van der Waals surface area contributed by atoms with Gasteiger partial charge in [-0.2, -0.15) is 0 Å². The van der Waals surface area contributed by atoms with E-state index in [9.17, 15) is 14.4 Å². The monoisotopic (exact) mass is 1110 g/mol. The van der Waals surface area contributed by atoms with Gasteiger partial charge in [-0.05, 0) is 141 Å². The fourth-order valence-corrected chi connectivity index (χ4v) is 8.14. The molecule has 0 aliphatic heterocycles. The van der Waals surface area contributed by atoms with E-state index in [4.69, 9.17) is 14.2 Å². The largest absolute Gasteiger partial charge is 0.462 e. The third-order valence-corrected chi connectivity index (χ3v) is 12.9. The van der Waals surface area contributed by atoms with Crippen LogP contribution in [0.3, 0.4) is 0 Å². The van der Waals surface area contributed by atoms with Gasteiger partial charge in [0.25, 0.3) is 0 Å². The third kappa shape index (κ3) is 65.2. The first kappa shape index (κ1) is 75.5. The SMILES string of the molecule is CC/C=C\C/C=C\C/C=C\C/C=C\C/C=C\C/C=C\C/C=C\C/C=C\CCCCCCCCC(=O)OCC(COC(=O)CCCCCCC)OC(=O)CCCCCCC/C=C\C/C=C\C/C=C\C/C=C\C/C=C\C/C=C\C/C=C\CC. The van der Waals surface area contributed by atoms with Gasteiger partial charge in [0.2, 0.25) is 0 Å². The summed E-state index contributed by atoms with van der Waals surface area (Å²) in [6, 6.07) is 0. The lowest BCUT2D eigenvalue weighted by Gasteiger charge is -2.18. The van der Waals surface area contributed by atoms with Crippen LogP contribution >= 0.6 is 0 Å². The van der Waals surface area contributed by atoms with Crippen LogP contribution in [-0.2, 0) is 28.6 Å². The average molecular weight is 1110 g/mol. The van der Waals surface area contributed by atoms with Crippen LogP contribution in [0.4, 0.5) is 0 Å². The zero-order chi connectivity index (χ0) is 58.5. The third-order valence-electron chi connectivity index (χ3n) is 12.9. The fourth-order valence-electron chi connectivity index (χ4n) is 8.14. The summed E-state index contributed by atoms with van der Waals surface area (Å²) in [6.45, 7) is 6.28. The van der Waals surface area contributed by atoms with Gasteiger partial charge in [-0.1, -0.05) is 274 Å². The average Bonchev–Trinajstić information content (AvgIpc) is 3.47. The molecule has 0 saturated heterocycles. The molecule has 6 heteroatoms. The molecule has 0 aromatic rings. The molecule has 0 N–H and O–H groups in total. The molecule has 452 valence electrons. The number of allylic oxidation sites excluding steroid dienone is 30. The lowest BCUT2D eigenvalue weighted by Crippen LogP contribution is -2.30. The smallest absolute Gasteiger partial charge is 0.306 e. The normalized spacial score (nSPS) is 13.4. The van der Waals surface area contributed by atoms with E-state index < -0.39 is 6.10 Å². The molecule has 6 nitrogen and oxygen atoms in total. The Morgan fingerprint density at radius 2 is 0.481 bits per heavy atom. The molecule has 0 aliphatic carbocycles. The second kappa shape index (κ2) is 67.0. The highest BCUT2D eigenvalue weighted by atomic mass is 16.6. The first-order chi connectivity index (χ1) is 40.0. The van der Waals surface area contributed by atoms with Crippen LogP contribution in [0, 0.1) is 0 Å².